The maximum Gasteiger partial charge on any atom is 0.240 e. The maximum atomic E-state index is 12.1. The van der Waals surface area contributed by atoms with E-state index in [4.69, 9.17) is 5.73 Å². The molecule has 0 saturated heterocycles. The zero-order chi connectivity index (χ0) is 14.7. The van der Waals surface area contributed by atoms with Gasteiger partial charge in [0, 0.05) is 12.2 Å². The highest BCUT2D eigenvalue weighted by Crippen LogP contribution is 2.20. The van der Waals surface area contributed by atoms with Gasteiger partial charge in [0.25, 0.3) is 0 Å². The molecule has 0 aliphatic rings. The molecule has 0 spiro atoms. The van der Waals surface area contributed by atoms with Gasteiger partial charge in [-0.2, -0.15) is 0 Å². The quantitative estimate of drug-likeness (QED) is 0.816. The Labute approximate surface area is 116 Å². The van der Waals surface area contributed by atoms with E-state index in [1.165, 1.54) is 6.07 Å². The molecule has 0 heterocycles. The van der Waals surface area contributed by atoms with Crippen molar-refractivity contribution < 1.29 is 8.42 Å². The molecule has 3 N–H and O–H groups in total. The Balaban J connectivity index is 2.80. The van der Waals surface area contributed by atoms with Gasteiger partial charge in [0.2, 0.25) is 10.0 Å². The molecule has 0 aliphatic heterocycles. The first kappa shape index (κ1) is 16.0. The molecule has 19 heavy (non-hydrogen) atoms. The van der Waals surface area contributed by atoms with Crippen LogP contribution in [0.15, 0.2) is 23.1 Å². The second-order valence-electron chi connectivity index (χ2n) is 5.92. The summed E-state index contributed by atoms with van der Waals surface area (Å²) in [6, 6.07) is 4.90. The van der Waals surface area contributed by atoms with Crippen molar-refractivity contribution in [3.05, 3.63) is 23.8 Å². The molecule has 0 bridgehead atoms. The fraction of sp³-hybridized carbons (Fsp3) is 0.571. The lowest BCUT2D eigenvalue weighted by Crippen LogP contribution is -2.27. The third-order valence-corrected chi connectivity index (χ3v) is 4.43. The first-order valence-electron chi connectivity index (χ1n) is 6.54. The van der Waals surface area contributed by atoms with Crippen LogP contribution >= 0.6 is 0 Å². The molecular formula is C14H24N2O2S. The molecule has 0 unspecified atom stereocenters. The highest BCUT2D eigenvalue weighted by Gasteiger charge is 2.17. The minimum absolute atomic E-state index is 0.105. The van der Waals surface area contributed by atoms with Gasteiger partial charge in [-0.15, -0.1) is 0 Å². The van der Waals surface area contributed by atoms with Crippen molar-refractivity contribution in [1.82, 2.24) is 4.72 Å². The van der Waals surface area contributed by atoms with Crippen LogP contribution in [0.1, 0.15) is 39.7 Å². The molecule has 0 aliphatic carbocycles. The van der Waals surface area contributed by atoms with E-state index in [1.807, 2.05) is 6.92 Å². The molecule has 0 atom stereocenters. The summed E-state index contributed by atoms with van der Waals surface area (Å²) in [7, 11) is -3.46. The van der Waals surface area contributed by atoms with Gasteiger partial charge < -0.3 is 5.73 Å². The second-order valence-corrected chi connectivity index (χ2v) is 7.69. The average Bonchev–Trinajstić information content (AvgIpc) is 2.26. The van der Waals surface area contributed by atoms with Gasteiger partial charge in [-0.05, 0) is 36.0 Å². The molecule has 5 heteroatoms. The fourth-order valence-electron chi connectivity index (χ4n) is 1.71. The standard InChI is InChI=1S/C14H24N2O2S/c1-5-11-6-7-12(10-13(11)15)19(17,18)16-9-8-14(2,3)4/h6-7,10,16H,5,8-9,15H2,1-4H3. The Hall–Kier alpha value is -1.07. The molecule has 1 aromatic rings. The number of hydrogen-bond acceptors (Lipinski definition) is 3. The maximum absolute atomic E-state index is 12.1. The van der Waals surface area contributed by atoms with E-state index < -0.39 is 10.0 Å². The fourth-order valence-corrected chi connectivity index (χ4v) is 2.77. The SMILES string of the molecule is CCc1ccc(S(=O)(=O)NCCC(C)(C)C)cc1N. The second kappa shape index (κ2) is 5.92. The molecule has 1 rings (SSSR count). The van der Waals surface area contributed by atoms with Gasteiger partial charge in [0.1, 0.15) is 0 Å². The van der Waals surface area contributed by atoms with Gasteiger partial charge >= 0.3 is 0 Å². The van der Waals surface area contributed by atoms with Crippen LogP contribution in [0.25, 0.3) is 0 Å². The minimum atomic E-state index is -3.46. The van der Waals surface area contributed by atoms with E-state index in [1.54, 1.807) is 12.1 Å². The number of hydrogen-bond donors (Lipinski definition) is 2. The van der Waals surface area contributed by atoms with Crippen molar-refractivity contribution in [2.45, 2.75) is 45.4 Å². The van der Waals surface area contributed by atoms with Crippen LogP contribution in [0.3, 0.4) is 0 Å². The van der Waals surface area contributed by atoms with Crippen molar-refractivity contribution in [3.8, 4) is 0 Å². The Morgan fingerprint density at radius 3 is 2.37 bits per heavy atom. The van der Waals surface area contributed by atoms with Crippen molar-refractivity contribution in [2.24, 2.45) is 5.41 Å². The Kier molecular flexibility index (Phi) is 4.98. The van der Waals surface area contributed by atoms with E-state index in [0.717, 1.165) is 18.4 Å². The summed E-state index contributed by atoms with van der Waals surface area (Å²) >= 11 is 0. The first-order chi connectivity index (χ1) is 8.65. The summed E-state index contributed by atoms with van der Waals surface area (Å²) in [6.45, 7) is 8.66. The number of sulfonamides is 1. The average molecular weight is 284 g/mol. The van der Waals surface area contributed by atoms with Crippen molar-refractivity contribution in [2.75, 3.05) is 12.3 Å². The number of nitrogen functional groups attached to an aromatic ring is 1. The van der Waals surface area contributed by atoms with Crippen molar-refractivity contribution in [3.63, 3.8) is 0 Å². The van der Waals surface area contributed by atoms with Crippen LogP contribution in [0.4, 0.5) is 5.69 Å². The molecule has 0 aromatic heterocycles. The molecule has 4 nitrogen and oxygen atoms in total. The predicted octanol–water partition coefficient (Wildman–Crippen LogP) is 2.55. The van der Waals surface area contributed by atoms with Gasteiger partial charge in [-0.1, -0.05) is 33.8 Å². The third kappa shape index (κ3) is 4.84. The van der Waals surface area contributed by atoms with Crippen LogP contribution in [0.5, 0.6) is 0 Å². The van der Waals surface area contributed by atoms with E-state index in [0.29, 0.717) is 12.2 Å². The first-order valence-corrected chi connectivity index (χ1v) is 8.02. The molecule has 0 radical (unpaired) electrons. The number of nitrogens with one attached hydrogen (secondary N) is 1. The minimum Gasteiger partial charge on any atom is -0.398 e. The van der Waals surface area contributed by atoms with E-state index in [-0.39, 0.29) is 10.3 Å². The number of aryl methyl sites for hydroxylation is 1. The molecule has 108 valence electrons. The lowest BCUT2D eigenvalue weighted by molar-refractivity contribution is 0.378. The topological polar surface area (TPSA) is 72.2 Å². The summed E-state index contributed by atoms with van der Waals surface area (Å²) in [5, 5.41) is 0. The number of benzene rings is 1. The van der Waals surface area contributed by atoms with Crippen LogP contribution < -0.4 is 10.5 Å². The van der Waals surface area contributed by atoms with Crippen molar-refractivity contribution >= 4 is 15.7 Å². The van der Waals surface area contributed by atoms with Crippen LogP contribution in [-0.4, -0.2) is 15.0 Å². The Morgan fingerprint density at radius 2 is 1.89 bits per heavy atom. The molecule has 0 fully saturated rings. The largest absolute Gasteiger partial charge is 0.398 e. The molecule has 0 amide bonds. The Bertz CT molecular complexity index is 531. The van der Waals surface area contributed by atoms with E-state index in [2.05, 4.69) is 25.5 Å². The summed E-state index contributed by atoms with van der Waals surface area (Å²) in [6.07, 6.45) is 1.58. The lowest BCUT2D eigenvalue weighted by Gasteiger charge is -2.18. The monoisotopic (exact) mass is 284 g/mol. The molecular weight excluding hydrogens is 260 g/mol. The number of rotatable bonds is 5. The normalized spacial score (nSPS) is 12.6. The van der Waals surface area contributed by atoms with Crippen molar-refractivity contribution in [1.29, 1.82) is 0 Å². The molecule has 1 aromatic carbocycles. The van der Waals surface area contributed by atoms with Crippen LogP contribution in [0, 0.1) is 5.41 Å². The highest BCUT2D eigenvalue weighted by molar-refractivity contribution is 7.89. The molecule has 0 saturated carbocycles. The number of anilines is 1. The van der Waals surface area contributed by atoms with E-state index in [9.17, 15) is 8.42 Å². The summed E-state index contributed by atoms with van der Waals surface area (Å²) in [5.41, 5.74) is 7.43. The van der Waals surface area contributed by atoms with Gasteiger partial charge in [-0.25, -0.2) is 13.1 Å². The lowest BCUT2D eigenvalue weighted by atomic mass is 9.93. The predicted molar refractivity (Wildman–Crippen MR) is 79.5 cm³/mol. The Morgan fingerprint density at radius 1 is 1.26 bits per heavy atom. The summed E-state index contributed by atoms with van der Waals surface area (Å²) in [4.78, 5) is 0.233. The number of nitrogens with two attached hydrogens (primary N) is 1. The zero-order valence-electron chi connectivity index (χ0n) is 12.2. The van der Waals surface area contributed by atoms with Gasteiger partial charge in [0.15, 0.2) is 0 Å². The summed E-state index contributed by atoms with van der Waals surface area (Å²) < 4.78 is 26.8. The van der Waals surface area contributed by atoms with Gasteiger partial charge in [0.05, 0.1) is 4.90 Å². The zero-order valence-corrected chi connectivity index (χ0v) is 13.0. The smallest absolute Gasteiger partial charge is 0.240 e. The summed E-state index contributed by atoms with van der Waals surface area (Å²) in [5.74, 6) is 0. The van der Waals surface area contributed by atoms with Crippen LogP contribution in [-0.2, 0) is 16.4 Å². The van der Waals surface area contributed by atoms with Crippen LogP contribution in [0.2, 0.25) is 0 Å². The van der Waals surface area contributed by atoms with Gasteiger partial charge in [-0.3, -0.25) is 0 Å². The highest BCUT2D eigenvalue weighted by atomic mass is 32.2. The van der Waals surface area contributed by atoms with E-state index >= 15 is 0 Å². The third-order valence-electron chi connectivity index (χ3n) is 2.98.